The molecule has 1 atom stereocenters. The van der Waals surface area contributed by atoms with Crippen LogP contribution in [0.3, 0.4) is 0 Å². The Hall–Kier alpha value is -0.760. The summed E-state index contributed by atoms with van der Waals surface area (Å²) < 4.78 is 37.6. The van der Waals surface area contributed by atoms with Crippen molar-refractivity contribution in [2.24, 2.45) is 0 Å². The van der Waals surface area contributed by atoms with Gasteiger partial charge < -0.3 is 9.47 Å². The molecule has 124 valence electrons. The molecular weight excluding hydrogens is 322 g/mol. The fourth-order valence-corrected chi connectivity index (χ4v) is 4.85. The van der Waals surface area contributed by atoms with Crippen molar-refractivity contribution in [3.8, 4) is 5.75 Å². The van der Waals surface area contributed by atoms with Crippen LogP contribution in [0.4, 0.5) is 0 Å². The molecular formula is C15H23NO4S2. The zero-order valence-electron chi connectivity index (χ0n) is 13.0. The lowest BCUT2D eigenvalue weighted by Crippen LogP contribution is -2.45. The Labute approximate surface area is 136 Å². The molecule has 1 unspecified atom stereocenters. The summed E-state index contributed by atoms with van der Waals surface area (Å²) in [6, 6.07) is 7.45. The minimum absolute atomic E-state index is 0.0757. The molecule has 0 aromatic heterocycles. The van der Waals surface area contributed by atoms with Crippen LogP contribution in [-0.2, 0) is 21.2 Å². The first kappa shape index (κ1) is 17.6. The minimum atomic E-state index is -3.30. The molecule has 5 nitrogen and oxygen atoms in total. The fourth-order valence-electron chi connectivity index (χ4n) is 2.32. The molecule has 2 rings (SSSR count). The van der Waals surface area contributed by atoms with Crippen LogP contribution in [0.2, 0.25) is 0 Å². The maximum absolute atomic E-state index is 12.1. The quantitative estimate of drug-likeness (QED) is 0.777. The van der Waals surface area contributed by atoms with E-state index in [1.165, 1.54) is 0 Å². The Morgan fingerprint density at radius 1 is 1.27 bits per heavy atom. The van der Waals surface area contributed by atoms with Gasteiger partial charge >= 0.3 is 0 Å². The average Bonchev–Trinajstić information content (AvgIpc) is 3.01. The van der Waals surface area contributed by atoms with Gasteiger partial charge in [0.05, 0.1) is 18.5 Å². The fraction of sp³-hybridized carbons (Fsp3) is 0.600. The SMILES string of the molecule is COc1ccc(CCS(=O)(=O)NCC2(OC)CCSC2)cc1. The van der Waals surface area contributed by atoms with Crippen LogP contribution in [0, 0.1) is 0 Å². The standard InChI is InChI=1S/C15H23NO4S2/c1-19-14-5-3-13(4-6-14)7-10-22(17,18)16-11-15(20-2)8-9-21-12-15/h3-6,16H,7-12H2,1-2H3. The molecule has 1 aromatic carbocycles. The van der Waals surface area contributed by atoms with Gasteiger partial charge in [-0.05, 0) is 36.3 Å². The summed E-state index contributed by atoms with van der Waals surface area (Å²) in [4.78, 5) is 0. The van der Waals surface area contributed by atoms with Crippen molar-refractivity contribution in [1.82, 2.24) is 4.72 Å². The molecule has 1 aliphatic rings. The average molecular weight is 345 g/mol. The van der Waals surface area contributed by atoms with Gasteiger partial charge in [0.1, 0.15) is 5.75 Å². The maximum atomic E-state index is 12.1. The van der Waals surface area contributed by atoms with Crippen LogP contribution in [0.25, 0.3) is 0 Å². The Kier molecular flexibility index (Phi) is 6.14. The Bertz CT molecular complexity index is 566. The van der Waals surface area contributed by atoms with Crippen LogP contribution < -0.4 is 9.46 Å². The first-order valence-electron chi connectivity index (χ1n) is 7.22. The van der Waals surface area contributed by atoms with Gasteiger partial charge in [0, 0.05) is 19.4 Å². The van der Waals surface area contributed by atoms with Crippen molar-refractivity contribution >= 4 is 21.8 Å². The number of aryl methyl sites for hydroxylation is 1. The van der Waals surface area contributed by atoms with E-state index >= 15 is 0 Å². The highest BCUT2D eigenvalue weighted by molar-refractivity contribution is 7.99. The predicted molar refractivity (Wildman–Crippen MR) is 90.2 cm³/mol. The zero-order valence-corrected chi connectivity index (χ0v) is 14.6. The van der Waals surface area contributed by atoms with Crippen LogP contribution in [-0.4, -0.2) is 52.0 Å². The summed E-state index contributed by atoms with van der Waals surface area (Å²) in [5.41, 5.74) is 0.627. The van der Waals surface area contributed by atoms with Gasteiger partial charge in [-0.25, -0.2) is 13.1 Å². The van der Waals surface area contributed by atoms with Gasteiger partial charge in [0.15, 0.2) is 0 Å². The molecule has 1 aliphatic heterocycles. The van der Waals surface area contributed by atoms with Crippen LogP contribution in [0.15, 0.2) is 24.3 Å². The van der Waals surface area contributed by atoms with Gasteiger partial charge in [-0.15, -0.1) is 0 Å². The molecule has 0 amide bonds. The molecule has 1 fully saturated rings. The van der Waals surface area contributed by atoms with E-state index in [1.807, 2.05) is 24.3 Å². The van der Waals surface area contributed by atoms with Crippen molar-refractivity contribution in [3.05, 3.63) is 29.8 Å². The van der Waals surface area contributed by atoms with Crippen molar-refractivity contribution in [2.45, 2.75) is 18.4 Å². The Balaban J connectivity index is 1.85. The summed E-state index contributed by atoms with van der Waals surface area (Å²) in [5, 5.41) is 0. The molecule has 0 spiro atoms. The minimum Gasteiger partial charge on any atom is -0.497 e. The summed E-state index contributed by atoms with van der Waals surface area (Å²) in [6.45, 7) is 0.349. The van der Waals surface area contributed by atoms with Gasteiger partial charge in [-0.2, -0.15) is 11.8 Å². The lowest BCUT2D eigenvalue weighted by Gasteiger charge is -2.26. The number of ether oxygens (including phenoxy) is 2. The molecule has 22 heavy (non-hydrogen) atoms. The number of thioether (sulfide) groups is 1. The second-order valence-electron chi connectivity index (χ2n) is 5.43. The van der Waals surface area contributed by atoms with Gasteiger partial charge in [0.2, 0.25) is 10.0 Å². The van der Waals surface area contributed by atoms with E-state index in [-0.39, 0.29) is 11.4 Å². The normalized spacial score (nSPS) is 21.9. The highest BCUT2D eigenvalue weighted by atomic mass is 32.2. The first-order valence-corrected chi connectivity index (χ1v) is 10.0. The van der Waals surface area contributed by atoms with Crippen molar-refractivity contribution in [2.75, 3.05) is 38.0 Å². The van der Waals surface area contributed by atoms with E-state index in [2.05, 4.69) is 4.72 Å². The largest absolute Gasteiger partial charge is 0.497 e. The molecule has 0 aliphatic carbocycles. The summed E-state index contributed by atoms with van der Waals surface area (Å²) in [7, 11) is -0.0439. The lowest BCUT2D eigenvalue weighted by molar-refractivity contribution is 0.0179. The number of rotatable bonds is 8. The number of hydrogen-bond donors (Lipinski definition) is 1. The number of sulfonamides is 1. The summed E-state index contributed by atoms with van der Waals surface area (Å²) in [6.07, 6.45) is 1.36. The molecule has 0 bridgehead atoms. The van der Waals surface area contributed by atoms with Gasteiger partial charge in [-0.3, -0.25) is 0 Å². The predicted octanol–water partition coefficient (Wildman–Crippen LogP) is 1.68. The highest BCUT2D eigenvalue weighted by Crippen LogP contribution is 2.30. The summed E-state index contributed by atoms with van der Waals surface area (Å²) in [5.74, 6) is 2.70. The first-order chi connectivity index (χ1) is 10.5. The smallest absolute Gasteiger partial charge is 0.212 e. The van der Waals surface area contributed by atoms with E-state index in [0.717, 1.165) is 29.2 Å². The topological polar surface area (TPSA) is 64.6 Å². The van der Waals surface area contributed by atoms with Crippen molar-refractivity contribution in [3.63, 3.8) is 0 Å². The summed E-state index contributed by atoms with van der Waals surface area (Å²) >= 11 is 1.80. The maximum Gasteiger partial charge on any atom is 0.212 e. The third-order valence-electron chi connectivity index (χ3n) is 3.93. The van der Waals surface area contributed by atoms with E-state index in [0.29, 0.717) is 13.0 Å². The van der Waals surface area contributed by atoms with E-state index < -0.39 is 10.0 Å². The molecule has 1 saturated heterocycles. The number of hydrogen-bond acceptors (Lipinski definition) is 5. The van der Waals surface area contributed by atoms with Crippen LogP contribution >= 0.6 is 11.8 Å². The van der Waals surface area contributed by atoms with Crippen molar-refractivity contribution in [1.29, 1.82) is 0 Å². The van der Waals surface area contributed by atoms with Crippen LogP contribution in [0.1, 0.15) is 12.0 Å². The molecule has 0 saturated carbocycles. The molecule has 7 heteroatoms. The van der Waals surface area contributed by atoms with Gasteiger partial charge in [0.25, 0.3) is 0 Å². The molecule has 0 radical (unpaired) electrons. The monoisotopic (exact) mass is 345 g/mol. The second kappa shape index (κ2) is 7.68. The van der Waals surface area contributed by atoms with E-state index in [9.17, 15) is 8.42 Å². The Morgan fingerprint density at radius 3 is 2.55 bits per heavy atom. The van der Waals surface area contributed by atoms with Crippen LogP contribution in [0.5, 0.6) is 5.75 Å². The highest BCUT2D eigenvalue weighted by Gasteiger charge is 2.35. The number of benzene rings is 1. The third kappa shape index (κ3) is 4.87. The second-order valence-corrected chi connectivity index (χ2v) is 8.46. The molecule has 1 N–H and O–H groups in total. The number of nitrogens with one attached hydrogen (secondary N) is 1. The lowest BCUT2D eigenvalue weighted by atomic mass is 10.0. The third-order valence-corrected chi connectivity index (χ3v) is 6.48. The van der Waals surface area contributed by atoms with Crippen molar-refractivity contribution < 1.29 is 17.9 Å². The molecule has 1 aromatic rings. The van der Waals surface area contributed by atoms with Gasteiger partial charge in [-0.1, -0.05) is 12.1 Å². The zero-order chi connectivity index (χ0) is 16.1. The number of methoxy groups -OCH3 is 2. The van der Waals surface area contributed by atoms with E-state index in [4.69, 9.17) is 9.47 Å². The van der Waals surface area contributed by atoms with E-state index in [1.54, 1.807) is 26.0 Å². The molecule has 1 heterocycles. The Morgan fingerprint density at radius 2 is 2.00 bits per heavy atom.